The van der Waals surface area contributed by atoms with Crippen LogP contribution in [-0.4, -0.2) is 29.6 Å². The summed E-state index contributed by atoms with van der Waals surface area (Å²) < 4.78 is 54.0. The molecule has 0 atom stereocenters. The Hall–Kier alpha value is -3.50. The van der Waals surface area contributed by atoms with E-state index in [4.69, 9.17) is 0 Å². The largest absolute Gasteiger partial charge is 0.461 e. The maximum absolute atomic E-state index is 12.9. The minimum absolute atomic E-state index is 0.117. The lowest BCUT2D eigenvalue weighted by Gasteiger charge is -2.16. The van der Waals surface area contributed by atoms with Crippen LogP contribution in [0.1, 0.15) is 15.9 Å². The Labute approximate surface area is 149 Å². The number of halogens is 4. The molecule has 2 aromatic rings. The average molecular weight is 385 g/mol. The fraction of sp³-hybridized carbons (Fsp3) is 0.125. The van der Waals surface area contributed by atoms with Crippen molar-refractivity contribution >= 4 is 17.8 Å². The van der Waals surface area contributed by atoms with Crippen LogP contribution in [0.2, 0.25) is 0 Å². The van der Waals surface area contributed by atoms with Crippen molar-refractivity contribution < 1.29 is 32.0 Å². The Morgan fingerprint density at radius 3 is 2.48 bits per heavy atom. The first-order valence-electron chi connectivity index (χ1n) is 7.22. The summed E-state index contributed by atoms with van der Waals surface area (Å²) in [5.74, 6) is -1.42. The standard InChI is InChI=1S/C16H11F4N3O4/c17-15(18)16(19,20)27-13-3-1-2-11(8-13)14(24)22-21-9-10-4-6-12(7-5-10)23(25)26/h1-9,15H,(H,22,24)/b21-9-. The van der Waals surface area contributed by atoms with Crippen LogP contribution in [0.25, 0.3) is 0 Å². The van der Waals surface area contributed by atoms with Gasteiger partial charge in [0.05, 0.1) is 11.1 Å². The zero-order chi connectivity index (χ0) is 20.0. The summed E-state index contributed by atoms with van der Waals surface area (Å²) in [5, 5.41) is 14.2. The lowest BCUT2D eigenvalue weighted by Crippen LogP contribution is -2.33. The van der Waals surface area contributed by atoms with E-state index in [9.17, 15) is 32.5 Å². The Morgan fingerprint density at radius 1 is 1.22 bits per heavy atom. The van der Waals surface area contributed by atoms with Crippen LogP contribution in [0.4, 0.5) is 23.2 Å². The van der Waals surface area contributed by atoms with E-state index < -0.39 is 29.1 Å². The van der Waals surface area contributed by atoms with Crippen LogP contribution in [0, 0.1) is 10.1 Å². The molecule has 2 rings (SSSR count). The van der Waals surface area contributed by atoms with Gasteiger partial charge in [-0.1, -0.05) is 6.07 Å². The highest BCUT2D eigenvalue weighted by molar-refractivity contribution is 5.95. The van der Waals surface area contributed by atoms with Gasteiger partial charge in [-0.25, -0.2) is 5.43 Å². The van der Waals surface area contributed by atoms with E-state index in [1.54, 1.807) is 0 Å². The first-order valence-corrected chi connectivity index (χ1v) is 7.22. The highest BCUT2D eigenvalue weighted by Crippen LogP contribution is 2.27. The topological polar surface area (TPSA) is 93.8 Å². The van der Waals surface area contributed by atoms with Crippen molar-refractivity contribution in [3.8, 4) is 5.75 Å². The Kier molecular flexibility index (Phi) is 6.06. The number of carbonyl (C=O) groups excluding carboxylic acids is 1. The SMILES string of the molecule is O=C(N/N=C\c1ccc([N+](=O)[O-])cc1)c1cccc(OC(F)(F)C(F)F)c1. The van der Waals surface area contributed by atoms with Crippen molar-refractivity contribution in [3.63, 3.8) is 0 Å². The van der Waals surface area contributed by atoms with Crippen LogP contribution in [0.15, 0.2) is 53.6 Å². The lowest BCUT2D eigenvalue weighted by atomic mass is 10.2. The number of rotatable bonds is 7. The maximum Gasteiger partial charge on any atom is 0.461 e. The van der Waals surface area contributed by atoms with Crippen molar-refractivity contribution in [2.24, 2.45) is 5.10 Å². The molecule has 142 valence electrons. The summed E-state index contributed by atoms with van der Waals surface area (Å²) in [7, 11) is 0. The van der Waals surface area contributed by atoms with Gasteiger partial charge in [0.2, 0.25) is 0 Å². The average Bonchev–Trinajstić information content (AvgIpc) is 2.61. The molecule has 2 aromatic carbocycles. The van der Waals surface area contributed by atoms with Crippen LogP contribution in [0.3, 0.4) is 0 Å². The zero-order valence-electron chi connectivity index (χ0n) is 13.3. The number of hydrogen-bond acceptors (Lipinski definition) is 5. The molecule has 0 aromatic heterocycles. The molecule has 0 saturated heterocycles. The first kappa shape index (κ1) is 19.8. The van der Waals surface area contributed by atoms with E-state index in [1.165, 1.54) is 42.6 Å². The third kappa shape index (κ3) is 5.49. The third-order valence-corrected chi connectivity index (χ3v) is 3.09. The summed E-state index contributed by atoms with van der Waals surface area (Å²) in [6.07, 6.45) is -7.52. The number of nitro groups is 1. The molecule has 0 aliphatic heterocycles. The van der Waals surface area contributed by atoms with Gasteiger partial charge >= 0.3 is 12.5 Å². The Bertz CT molecular complexity index is 857. The van der Waals surface area contributed by atoms with Crippen LogP contribution in [0.5, 0.6) is 5.75 Å². The van der Waals surface area contributed by atoms with E-state index in [2.05, 4.69) is 15.3 Å². The van der Waals surface area contributed by atoms with Gasteiger partial charge in [0.15, 0.2) is 0 Å². The van der Waals surface area contributed by atoms with E-state index in [1.807, 2.05) is 0 Å². The molecule has 1 N–H and O–H groups in total. The highest BCUT2D eigenvalue weighted by atomic mass is 19.3. The molecular weight excluding hydrogens is 374 g/mol. The summed E-state index contributed by atoms with van der Waals surface area (Å²) >= 11 is 0. The molecule has 0 bridgehead atoms. The maximum atomic E-state index is 12.9. The number of nitro benzene ring substituents is 1. The quantitative estimate of drug-likeness (QED) is 0.341. The number of hydrogen-bond donors (Lipinski definition) is 1. The van der Waals surface area contributed by atoms with Gasteiger partial charge < -0.3 is 4.74 Å². The molecule has 0 unspecified atom stereocenters. The summed E-state index contributed by atoms with van der Waals surface area (Å²) in [6, 6.07) is 9.54. The predicted molar refractivity (Wildman–Crippen MR) is 86.2 cm³/mol. The predicted octanol–water partition coefficient (Wildman–Crippen LogP) is 3.60. The second-order valence-corrected chi connectivity index (χ2v) is 5.04. The van der Waals surface area contributed by atoms with Crippen LogP contribution < -0.4 is 10.2 Å². The molecule has 11 heteroatoms. The number of hydrazone groups is 1. The van der Waals surface area contributed by atoms with E-state index in [-0.39, 0.29) is 11.3 Å². The van der Waals surface area contributed by atoms with Gasteiger partial charge in [-0.05, 0) is 35.9 Å². The Balaban J connectivity index is 2.01. The first-order chi connectivity index (χ1) is 12.7. The molecule has 0 radical (unpaired) electrons. The number of amides is 1. The van der Waals surface area contributed by atoms with Crippen LogP contribution in [-0.2, 0) is 0 Å². The van der Waals surface area contributed by atoms with E-state index >= 15 is 0 Å². The van der Waals surface area contributed by atoms with E-state index in [0.29, 0.717) is 5.56 Å². The summed E-state index contributed by atoms with van der Waals surface area (Å²) in [6.45, 7) is 0. The smallest absolute Gasteiger partial charge is 0.428 e. The summed E-state index contributed by atoms with van der Waals surface area (Å²) in [4.78, 5) is 21.9. The number of benzene rings is 2. The van der Waals surface area contributed by atoms with Gasteiger partial charge in [-0.2, -0.15) is 22.7 Å². The highest BCUT2D eigenvalue weighted by Gasteiger charge is 2.44. The number of carbonyl (C=O) groups is 1. The van der Waals surface area contributed by atoms with Crippen molar-refractivity contribution in [3.05, 3.63) is 69.8 Å². The fourth-order valence-corrected chi connectivity index (χ4v) is 1.81. The molecule has 0 saturated carbocycles. The van der Waals surface area contributed by atoms with Gasteiger partial charge in [0.25, 0.3) is 11.6 Å². The van der Waals surface area contributed by atoms with Crippen LogP contribution >= 0.6 is 0 Å². The summed E-state index contributed by atoms with van der Waals surface area (Å²) in [5.41, 5.74) is 2.29. The minimum atomic E-state index is -4.69. The third-order valence-electron chi connectivity index (χ3n) is 3.09. The van der Waals surface area contributed by atoms with Crippen molar-refractivity contribution in [2.45, 2.75) is 12.5 Å². The molecular formula is C16H11F4N3O4. The number of ether oxygens (including phenoxy) is 1. The molecule has 1 amide bonds. The molecule has 0 fully saturated rings. The zero-order valence-corrected chi connectivity index (χ0v) is 13.3. The molecule has 0 spiro atoms. The van der Waals surface area contributed by atoms with Gasteiger partial charge in [-0.15, -0.1) is 0 Å². The van der Waals surface area contributed by atoms with Gasteiger partial charge in [0.1, 0.15) is 5.75 Å². The number of alkyl halides is 4. The minimum Gasteiger partial charge on any atom is -0.428 e. The number of nitrogens with zero attached hydrogens (tertiary/aromatic N) is 2. The number of non-ortho nitro benzene ring substituents is 1. The molecule has 7 nitrogen and oxygen atoms in total. The number of nitrogens with one attached hydrogen (secondary N) is 1. The fourth-order valence-electron chi connectivity index (χ4n) is 1.81. The van der Waals surface area contributed by atoms with Gasteiger partial charge in [-0.3, -0.25) is 14.9 Å². The normalized spacial score (nSPS) is 11.6. The Morgan fingerprint density at radius 2 is 1.89 bits per heavy atom. The molecule has 27 heavy (non-hydrogen) atoms. The van der Waals surface area contributed by atoms with Gasteiger partial charge in [0, 0.05) is 17.7 Å². The molecule has 0 aliphatic rings. The molecule has 0 heterocycles. The van der Waals surface area contributed by atoms with Crippen molar-refractivity contribution in [2.75, 3.05) is 0 Å². The van der Waals surface area contributed by atoms with E-state index in [0.717, 1.165) is 12.1 Å². The van der Waals surface area contributed by atoms with Crippen molar-refractivity contribution in [1.29, 1.82) is 0 Å². The second kappa shape index (κ2) is 8.25. The second-order valence-electron chi connectivity index (χ2n) is 5.04. The lowest BCUT2D eigenvalue weighted by molar-refractivity contribution is -0.384. The molecule has 0 aliphatic carbocycles. The van der Waals surface area contributed by atoms with Crippen molar-refractivity contribution in [1.82, 2.24) is 5.43 Å². The monoisotopic (exact) mass is 385 g/mol.